The van der Waals surface area contributed by atoms with Crippen LogP contribution in [-0.4, -0.2) is 58.3 Å². The van der Waals surface area contributed by atoms with Crippen LogP contribution in [0.25, 0.3) is 5.82 Å². The lowest BCUT2D eigenvalue weighted by Gasteiger charge is -2.35. The predicted octanol–water partition coefficient (Wildman–Crippen LogP) is 3.53. The van der Waals surface area contributed by atoms with Gasteiger partial charge in [0.1, 0.15) is 23.2 Å². The largest absolute Gasteiger partial charge is 0.435 e. The van der Waals surface area contributed by atoms with Gasteiger partial charge in [0.05, 0.1) is 0 Å². The van der Waals surface area contributed by atoms with E-state index < -0.39 is 6.61 Å². The van der Waals surface area contributed by atoms with E-state index in [4.69, 9.17) is 0 Å². The second kappa shape index (κ2) is 8.99. The molecule has 8 nitrogen and oxygen atoms in total. The number of nitrogens with one attached hydrogen (secondary N) is 1. The molecule has 1 aromatic carbocycles. The number of amides is 2. The van der Waals surface area contributed by atoms with Gasteiger partial charge in [-0.1, -0.05) is 6.07 Å². The Morgan fingerprint density at radius 3 is 2.45 bits per heavy atom. The molecule has 1 N–H and O–H groups in total. The highest BCUT2D eigenvalue weighted by Crippen LogP contribution is 2.21. The molecule has 0 radical (unpaired) electrons. The molecule has 0 spiro atoms. The molecular weight excluding hydrogens is 406 g/mol. The highest BCUT2D eigenvalue weighted by molar-refractivity contribution is 5.89. The Morgan fingerprint density at radius 2 is 1.74 bits per heavy atom. The fraction of sp³-hybridized carbons (Fsp3) is 0.286. The zero-order valence-electron chi connectivity index (χ0n) is 16.9. The lowest BCUT2D eigenvalue weighted by molar-refractivity contribution is -0.0498. The van der Waals surface area contributed by atoms with Crippen molar-refractivity contribution in [2.75, 3.05) is 36.4 Å². The Balaban J connectivity index is 1.37. The highest BCUT2D eigenvalue weighted by atomic mass is 19.3. The number of hydrogen-bond acceptors (Lipinski definition) is 5. The summed E-state index contributed by atoms with van der Waals surface area (Å²) in [6, 6.07) is 11.5. The van der Waals surface area contributed by atoms with Crippen LogP contribution >= 0.6 is 0 Å². The summed E-state index contributed by atoms with van der Waals surface area (Å²) in [5.74, 6) is 2.27. The molecule has 1 aliphatic heterocycles. The summed E-state index contributed by atoms with van der Waals surface area (Å²) in [5, 5.41) is 2.73. The molecule has 162 valence electrons. The van der Waals surface area contributed by atoms with E-state index in [9.17, 15) is 13.6 Å². The average molecular weight is 428 g/mol. The number of alkyl halides is 2. The van der Waals surface area contributed by atoms with Crippen molar-refractivity contribution >= 4 is 17.5 Å². The number of rotatable bonds is 5. The number of halogens is 2. The molecule has 0 saturated carbocycles. The third-order valence-electron chi connectivity index (χ3n) is 4.88. The SMILES string of the molecule is Cc1nc(N2CCN(C(=O)Nc3cccc(OC(F)F)c3)CC2)cc(-n2cccc2)n1. The minimum atomic E-state index is -2.91. The van der Waals surface area contributed by atoms with E-state index in [2.05, 4.69) is 24.9 Å². The Morgan fingerprint density at radius 1 is 1.03 bits per heavy atom. The van der Waals surface area contributed by atoms with Gasteiger partial charge in [-0.2, -0.15) is 8.78 Å². The number of piperazine rings is 1. The van der Waals surface area contributed by atoms with Crippen LogP contribution in [0.5, 0.6) is 5.75 Å². The van der Waals surface area contributed by atoms with Gasteiger partial charge in [0, 0.05) is 56.4 Å². The lowest BCUT2D eigenvalue weighted by atomic mass is 10.3. The summed E-state index contributed by atoms with van der Waals surface area (Å²) in [5.41, 5.74) is 0.397. The Kier molecular flexibility index (Phi) is 5.96. The standard InChI is InChI=1S/C21H22F2N6O2/c1-15-24-18(27-7-2-3-8-27)14-19(25-15)28-9-11-29(12-10-28)21(30)26-16-5-4-6-17(13-16)31-20(22)23/h2-8,13-14,20H,9-12H2,1H3,(H,26,30). The first-order valence-corrected chi connectivity index (χ1v) is 9.83. The van der Waals surface area contributed by atoms with Crippen LogP contribution in [0.2, 0.25) is 0 Å². The van der Waals surface area contributed by atoms with Crippen LogP contribution in [0, 0.1) is 6.92 Å². The first-order chi connectivity index (χ1) is 15.0. The van der Waals surface area contributed by atoms with Gasteiger partial charge in [0.2, 0.25) is 0 Å². The van der Waals surface area contributed by atoms with Crippen LogP contribution in [0.1, 0.15) is 5.82 Å². The van der Waals surface area contributed by atoms with Crippen LogP contribution in [0.3, 0.4) is 0 Å². The molecule has 1 fully saturated rings. The normalized spacial score (nSPS) is 14.1. The topological polar surface area (TPSA) is 75.5 Å². The molecule has 3 heterocycles. The summed E-state index contributed by atoms with van der Waals surface area (Å²) in [6.45, 7) is 1.17. The minimum Gasteiger partial charge on any atom is -0.435 e. The maximum atomic E-state index is 12.6. The number of carbonyl (C=O) groups excluding carboxylic acids is 1. The zero-order chi connectivity index (χ0) is 21.8. The number of aryl methyl sites for hydroxylation is 1. The molecule has 1 saturated heterocycles. The number of anilines is 2. The molecule has 0 atom stereocenters. The number of carbonyl (C=O) groups is 1. The van der Waals surface area contributed by atoms with E-state index in [0.717, 1.165) is 11.6 Å². The minimum absolute atomic E-state index is 0.00440. The number of aromatic nitrogens is 3. The van der Waals surface area contributed by atoms with Gasteiger partial charge in [-0.05, 0) is 31.2 Å². The molecule has 3 aromatic rings. The fourth-order valence-electron chi connectivity index (χ4n) is 3.41. The predicted molar refractivity (Wildman–Crippen MR) is 112 cm³/mol. The third-order valence-corrected chi connectivity index (χ3v) is 4.88. The van der Waals surface area contributed by atoms with Gasteiger partial charge in [0.25, 0.3) is 0 Å². The Hall–Kier alpha value is -3.69. The second-order valence-electron chi connectivity index (χ2n) is 7.03. The molecule has 2 aromatic heterocycles. The van der Waals surface area contributed by atoms with E-state index in [1.807, 2.05) is 42.1 Å². The van der Waals surface area contributed by atoms with E-state index in [0.29, 0.717) is 37.7 Å². The average Bonchev–Trinajstić information content (AvgIpc) is 3.28. The van der Waals surface area contributed by atoms with Crippen molar-refractivity contribution < 1.29 is 18.3 Å². The van der Waals surface area contributed by atoms with E-state index in [1.165, 1.54) is 12.1 Å². The van der Waals surface area contributed by atoms with Gasteiger partial charge in [0.15, 0.2) is 0 Å². The lowest BCUT2D eigenvalue weighted by Crippen LogP contribution is -2.50. The van der Waals surface area contributed by atoms with Crippen LogP contribution in [-0.2, 0) is 0 Å². The molecule has 0 aliphatic carbocycles. The Bertz CT molecular complexity index is 1040. The molecule has 2 amide bonds. The van der Waals surface area contributed by atoms with Gasteiger partial charge < -0.3 is 24.4 Å². The van der Waals surface area contributed by atoms with Crippen molar-refractivity contribution in [3.63, 3.8) is 0 Å². The van der Waals surface area contributed by atoms with Gasteiger partial charge >= 0.3 is 12.6 Å². The number of hydrogen-bond donors (Lipinski definition) is 1. The van der Waals surface area contributed by atoms with Crippen molar-refractivity contribution in [1.82, 2.24) is 19.4 Å². The molecule has 31 heavy (non-hydrogen) atoms. The van der Waals surface area contributed by atoms with E-state index in [1.54, 1.807) is 17.0 Å². The van der Waals surface area contributed by atoms with Crippen molar-refractivity contribution in [2.24, 2.45) is 0 Å². The maximum Gasteiger partial charge on any atom is 0.387 e. The van der Waals surface area contributed by atoms with Crippen LogP contribution < -0.4 is 15.0 Å². The number of ether oxygens (including phenoxy) is 1. The smallest absolute Gasteiger partial charge is 0.387 e. The Labute approximate surface area is 178 Å². The number of benzene rings is 1. The fourth-order valence-corrected chi connectivity index (χ4v) is 3.41. The third kappa shape index (κ3) is 5.08. The van der Waals surface area contributed by atoms with Crippen molar-refractivity contribution in [1.29, 1.82) is 0 Å². The quantitative estimate of drug-likeness (QED) is 0.673. The number of nitrogens with zero attached hydrogens (tertiary/aromatic N) is 5. The first kappa shape index (κ1) is 20.6. The van der Waals surface area contributed by atoms with Gasteiger partial charge in [-0.15, -0.1) is 0 Å². The van der Waals surface area contributed by atoms with Crippen LogP contribution in [0.15, 0.2) is 54.9 Å². The molecule has 0 bridgehead atoms. The second-order valence-corrected chi connectivity index (χ2v) is 7.03. The molecular formula is C21H22F2N6O2. The molecule has 10 heteroatoms. The summed E-state index contributed by atoms with van der Waals surface area (Å²) in [4.78, 5) is 25.4. The summed E-state index contributed by atoms with van der Waals surface area (Å²) < 4.78 is 31.1. The van der Waals surface area contributed by atoms with Crippen molar-refractivity contribution in [3.05, 3.63) is 60.7 Å². The molecule has 4 rings (SSSR count). The molecule has 0 unspecified atom stereocenters. The number of urea groups is 1. The van der Waals surface area contributed by atoms with E-state index in [-0.39, 0.29) is 11.8 Å². The monoisotopic (exact) mass is 428 g/mol. The van der Waals surface area contributed by atoms with E-state index >= 15 is 0 Å². The maximum absolute atomic E-state index is 12.6. The summed E-state index contributed by atoms with van der Waals surface area (Å²) >= 11 is 0. The highest BCUT2D eigenvalue weighted by Gasteiger charge is 2.23. The van der Waals surface area contributed by atoms with Gasteiger partial charge in [-0.25, -0.2) is 14.8 Å². The zero-order valence-corrected chi connectivity index (χ0v) is 16.9. The van der Waals surface area contributed by atoms with Crippen LogP contribution in [0.4, 0.5) is 25.1 Å². The van der Waals surface area contributed by atoms with Gasteiger partial charge in [-0.3, -0.25) is 0 Å². The summed E-state index contributed by atoms with van der Waals surface area (Å²) in [6.07, 6.45) is 3.85. The summed E-state index contributed by atoms with van der Waals surface area (Å²) in [7, 11) is 0. The van der Waals surface area contributed by atoms with Crippen molar-refractivity contribution in [3.8, 4) is 11.6 Å². The first-order valence-electron chi connectivity index (χ1n) is 9.83. The molecule has 1 aliphatic rings. The van der Waals surface area contributed by atoms with Crippen molar-refractivity contribution in [2.45, 2.75) is 13.5 Å².